The smallest absolute Gasteiger partial charge is 0.161 e. The number of para-hydroxylation sites is 1. The minimum absolute atomic E-state index is 0.0522. The molecule has 1 saturated heterocycles. The molecule has 2 aromatic rings. The summed E-state index contributed by atoms with van der Waals surface area (Å²) in [7, 11) is 0. The van der Waals surface area contributed by atoms with Crippen LogP contribution in [0.1, 0.15) is 56.9 Å². The molecule has 3 nitrogen and oxygen atoms in total. The van der Waals surface area contributed by atoms with Crippen LogP contribution in [-0.4, -0.2) is 23.9 Å². The highest BCUT2D eigenvalue weighted by molar-refractivity contribution is 5.99. The number of pyridine rings is 1. The normalized spacial score (nSPS) is 33.2. The molecule has 0 atom stereocenters. The number of rotatable bonds is 4. The second-order valence-electron chi connectivity index (χ2n) is 10.2. The highest BCUT2D eigenvalue weighted by atomic mass is 16.1. The Bertz CT molecular complexity index is 950. The molecule has 4 aliphatic carbocycles. The molecule has 1 aromatic carbocycles. The molecule has 1 aliphatic heterocycles. The van der Waals surface area contributed by atoms with Gasteiger partial charge in [0.05, 0.1) is 5.52 Å². The standard InChI is InChI=1S/C26H30N2O/c29-24(26-15-18-11-19(16-26)13-20(12-18)17-26)8-7-22-14-21-5-1-2-6-23(21)27-25(22)28-9-3-4-10-28/h1-2,5-8,14,18-20H,3-4,9-13,15-17H2/b8-7+. The number of benzene rings is 1. The van der Waals surface area contributed by atoms with Gasteiger partial charge < -0.3 is 4.90 Å². The van der Waals surface area contributed by atoms with Gasteiger partial charge in [0.15, 0.2) is 5.78 Å². The summed E-state index contributed by atoms with van der Waals surface area (Å²) in [5.74, 6) is 3.86. The predicted molar refractivity (Wildman–Crippen MR) is 118 cm³/mol. The van der Waals surface area contributed by atoms with E-state index in [-0.39, 0.29) is 5.41 Å². The maximum absolute atomic E-state index is 13.4. The van der Waals surface area contributed by atoms with Crippen LogP contribution in [0.3, 0.4) is 0 Å². The maximum atomic E-state index is 13.4. The molecule has 0 N–H and O–H groups in total. The van der Waals surface area contributed by atoms with Crippen molar-refractivity contribution in [3.63, 3.8) is 0 Å². The lowest BCUT2D eigenvalue weighted by atomic mass is 9.48. The Labute approximate surface area is 173 Å². The van der Waals surface area contributed by atoms with Gasteiger partial charge in [0.2, 0.25) is 0 Å². The zero-order chi connectivity index (χ0) is 19.4. The topological polar surface area (TPSA) is 33.2 Å². The fraction of sp³-hybridized carbons (Fsp3) is 0.538. The van der Waals surface area contributed by atoms with Gasteiger partial charge in [-0.2, -0.15) is 0 Å². The number of allylic oxidation sites excluding steroid dienone is 1. The van der Waals surface area contributed by atoms with E-state index in [2.05, 4.69) is 41.3 Å². The van der Waals surface area contributed by atoms with Gasteiger partial charge in [0.1, 0.15) is 5.82 Å². The molecule has 0 amide bonds. The summed E-state index contributed by atoms with van der Waals surface area (Å²) < 4.78 is 0. The number of ketones is 1. The lowest BCUT2D eigenvalue weighted by molar-refractivity contribution is -0.138. The first-order chi connectivity index (χ1) is 14.2. The van der Waals surface area contributed by atoms with Gasteiger partial charge in [-0.05, 0) is 93.4 Å². The molecule has 2 heterocycles. The van der Waals surface area contributed by atoms with Crippen LogP contribution in [0, 0.1) is 23.2 Å². The Balaban J connectivity index is 1.34. The van der Waals surface area contributed by atoms with Gasteiger partial charge in [-0.25, -0.2) is 4.98 Å². The van der Waals surface area contributed by atoms with E-state index >= 15 is 0 Å². The molecule has 3 heteroatoms. The summed E-state index contributed by atoms with van der Waals surface area (Å²) in [6.07, 6.45) is 14.0. The Hall–Kier alpha value is -2.16. The summed E-state index contributed by atoms with van der Waals surface area (Å²) >= 11 is 0. The number of carbonyl (C=O) groups is 1. The number of nitrogens with zero attached hydrogens (tertiary/aromatic N) is 2. The molecule has 0 radical (unpaired) electrons. The Morgan fingerprint density at radius 1 is 1.00 bits per heavy atom. The second kappa shape index (κ2) is 6.68. The first kappa shape index (κ1) is 17.7. The second-order valence-corrected chi connectivity index (χ2v) is 10.2. The number of fused-ring (bicyclic) bond motifs is 1. The average molecular weight is 387 g/mol. The molecule has 0 spiro atoms. The van der Waals surface area contributed by atoms with Crippen LogP contribution < -0.4 is 4.90 Å². The van der Waals surface area contributed by atoms with E-state index in [1.807, 2.05) is 6.08 Å². The van der Waals surface area contributed by atoms with Crippen molar-refractivity contribution >= 4 is 28.6 Å². The molecule has 150 valence electrons. The van der Waals surface area contributed by atoms with Gasteiger partial charge in [-0.15, -0.1) is 0 Å². The monoisotopic (exact) mass is 386 g/mol. The average Bonchev–Trinajstić information content (AvgIpc) is 3.25. The highest BCUT2D eigenvalue weighted by Gasteiger charge is 2.53. The molecule has 29 heavy (non-hydrogen) atoms. The molecular weight excluding hydrogens is 356 g/mol. The van der Waals surface area contributed by atoms with Crippen LogP contribution in [0.4, 0.5) is 5.82 Å². The summed E-state index contributed by atoms with van der Waals surface area (Å²) in [6.45, 7) is 2.13. The van der Waals surface area contributed by atoms with Crippen LogP contribution in [0.2, 0.25) is 0 Å². The molecular formula is C26H30N2O. The van der Waals surface area contributed by atoms with E-state index in [1.54, 1.807) is 0 Å². The number of hydrogen-bond acceptors (Lipinski definition) is 3. The Morgan fingerprint density at radius 3 is 2.34 bits per heavy atom. The van der Waals surface area contributed by atoms with Crippen molar-refractivity contribution in [2.75, 3.05) is 18.0 Å². The quantitative estimate of drug-likeness (QED) is 0.638. The van der Waals surface area contributed by atoms with Crippen molar-refractivity contribution in [2.24, 2.45) is 23.2 Å². The van der Waals surface area contributed by atoms with E-state index in [0.717, 1.165) is 72.4 Å². The van der Waals surface area contributed by atoms with Gasteiger partial charge in [0.25, 0.3) is 0 Å². The number of aromatic nitrogens is 1. The zero-order valence-electron chi connectivity index (χ0n) is 17.1. The highest BCUT2D eigenvalue weighted by Crippen LogP contribution is 2.60. The molecule has 5 aliphatic rings. The first-order valence-electron chi connectivity index (χ1n) is 11.6. The van der Waals surface area contributed by atoms with E-state index < -0.39 is 0 Å². The van der Waals surface area contributed by atoms with Gasteiger partial charge in [-0.1, -0.05) is 18.2 Å². The Kier molecular flexibility index (Phi) is 4.07. The molecule has 7 rings (SSSR count). The summed E-state index contributed by atoms with van der Waals surface area (Å²) in [5.41, 5.74) is 2.09. The fourth-order valence-electron chi connectivity index (χ4n) is 7.18. The third-order valence-electron chi connectivity index (χ3n) is 8.11. The van der Waals surface area contributed by atoms with Crippen LogP contribution in [0.25, 0.3) is 17.0 Å². The fourth-order valence-corrected chi connectivity index (χ4v) is 7.18. The zero-order valence-corrected chi connectivity index (χ0v) is 17.1. The van der Waals surface area contributed by atoms with E-state index in [1.165, 1.54) is 32.1 Å². The van der Waals surface area contributed by atoms with Crippen LogP contribution >= 0.6 is 0 Å². The van der Waals surface area contributed by atoms with Crippen LogP contribution in [-0.2, 0) is 4.79 Å². The largest absolute Gasteiger partial charge is 0.356 e. The third-order valence-corrected chi connectivity index (χ3v) is 8.11. The SMILES string of the molecule is O=C(/C=C/c1cc2ccccc2nc1N1CCCC1)C12CC3CC(CC(C3)C1)C2. The van der Waals surface area contributed by atoms with Crippen molar-refractivity contribution in [2.45, 2.75) is 51.4 Å². The summed E-state index contributed by atoms with van der Waals surface area (Å²) in [5, 5.41) is 1.15. The van der Waals surface area contributed by atoms with E-state index in [9.17, 15) is 4.79 Å². The minimum Gasteiger partial charge on any atom is -0.356 e. The molecule has 4 saturated carbocycles. The summed E-state index contributed by atoms with van der Waals surface area (Å²) in [4.78, 5) is 20.8. The summed E-state index contributed by atoms with van der Waals surface area (Å²) in [6, 6.07) is 10.5. The lowest BCUT2D eigenvalue weighted by Gasteiger charge is -2.55. The van der Waals surface area contributed by atoms with Crippen molar-refractivity contribution in [1.82, 2.24) is 4.98 Å². The lowest BCUT2D eigenvalue weighted by Crippen LogP contribution is -2.49. The van der Waals surface area contributed by atoms with Gasteiger partial charge in [-0.3, -0.25) is 4.79 Å². The van der Waals surface area contributed by atoms with Gasteiger partial charge in [0, 0.05) is 29.5 Å². The first-order valence-corrected chi connectivity index (χ1v) is 11.6. The van der Waals surface area contributed by atoms with Gasteiger partial charge >= 0.3 is 0 Å². The van der Waals surface area contributed by atoms with Crippen molar-refractivity contribution in [1.29, 1.82) is 0 Å². The van der Waals surface area contributed by atoms with E-state index in [0.29, 0.717) is 5.78 Å². The van der Waals surface area contributed by atoms with Crippen molar-refractivity contribution < 1.29 is 4.79 Å². The van der Waals surface area contributed by atoms with Crippen LogP contribution in [0.5, 0.6) is 0 Å². The molecule has 0 unspecified atom stereocenters. The maximum Gasteiger partial charge on any atom is 0.161 e. The number of carbonyl (C=O) groups excluding carboxylic acids is 1. The molecule has 1 aromatic heterocycles. The molecule has 4 bridgehead atoms. The number of anilines is 1. The third kappa shape index (κ3) is 3.01. The van der Waals surface area contributed by atoms with E-state index in [4.69, 9.17) is 4.98 Å². The predicted octanol–water partition coefficient (Wildman–Crippen LogP) is 5.63. The minimum atomic E-state index is -0.0522. The van der Waals surface area contributed by atoms with Crippen LogP contribution in [0.15, 0.2) is 36.4 Å². The van der Waals surface area contributed by atoms with Crippen molar-refractivity contribution in [3.8, 4) is 0 Å². The molecule has 5 fully saturated rings. The Morgan fingerprint density at radius 2 is 1.66 bits per heavy atom. The number of hydrogen-bond donors (Lipinski definition) is 0. The van der Waals surface area contributed by atoms with Crippen molar-refractivity contribution in [3.05, 3.63) is 42.0 Å².